The summed E-state index contributed by atoms with van der Waals surface area (Å²) < 4.78 is 5.28. The van der Waals surface area contributed by atoms with E-state index in [1.54, 1.807) is 7.11 Å². The number of benzene rings is 1. The summed E-state index contributed by atoms with van der Waals surface area (Å²) in [5.41, 5.74) is 1.31. The fourth-order valence-corrected chi connectivity index (χ4v) is 4.26. The highest BCUT2D eigenvalue weighted by atomic mass is 16.5. The van der Waals surface area contributed by atoms with Gasteiger partial charge in [-0.25, -0.2) is 0 Å². The van der Waals surface area contributed by atoms with Crippen LogP contribution in [-0.4, -0.2) is 51.1 Å². The molecule has 2 aliphatic rings. The Morgan fingerprint density at radius 2 is 1.96 bits per heavy atom. The maximum Gasteiger partial charge on any atom is 0.223 e. The maximum absolute atomic E-state index is 12.5. The second kappa shape index (κ2) is 8.68. The van der Waals surface area contributed by atoms with Crippen molar-refractivity contribution in [3.05, 3.63) is 29.8 Å². The van der Waals surface area contributed by atoms with Crippen LogP contribution in [0.2, 0.25) is 0 Å². The van der Waals surface area contributed by atoms with Crippen LogP contribution in [0.25, 0.3) is 0 Å². The second-order valence-corrected chi connectivity index (χ2v) is 7.37. The molecule has 2 aliphatic heterocycles. The summed E-state index contributed by atoms with van der Waals surface area (Å²) in [4.78, 5) is 14.9. The van der Waals surface area contributed by atoms with Gasteiger partial charge in [-0.05, 0) is 76.0 Å². The standard InChI is InChI=1S/C20H31N3O2/c1-23-13-3-4-17(14-22-20(24)16-9-11-21-12-10-16)19(23)15-5-7-18(25-2)8-6-15/h5-8,16-17,19,21H,3-4,9-14H2,1-2H3,(H,22,24)/t17-,19+/m0/s1. The number of hydrogen-bond acceptors (Lipinski definition) is 4. The third-order valence-corrected chi connectivity index (χ3v) is 5.71. The fourth-order valence-electron chi connectivity index (χ4n) is 4.26. The zero-order valence-electron chi connectivity index (χ0n) is 15.5. The Morgan fingerprint density at radius 3 is 2.64 bits per heavy atom. The van der Waals surface area contributed by atoms with E-state index < -0.39 is 0 Å². The minimum Gasteiger partial charge on any atom is -0.497 e. The first-order chi connectivity index (χ1) is 12.2. The van der Waals surface area contributed by atoms with Gasteiger partial charge in [0, 0.05) is 18.5 Å². The van der Waals surface area contributed by atoms with Crippen molar-refractivity contribution in [1.29, 1.82) is 0 Å². The highest BCUT2D eigenvalue weighted by Crippen LogP contribution is 2.35. The van der Waals surface area contributed by atoms with Gasteiger partial charge in [0.05, 0.1) is 7.11 Å². The lowest BCUT2D eigenvalue weighted by molar-refractivity contribution is -0.126. The van der Waals surface area contributed by atoms with Crippen molar-refractivity contribution in [3.8, 4) is 5.75 Å². The largest absolute Gasteiger partial charge is 0.497 e. The number of carbonyl (C=O) groups is 1. The number of carbonyl (C=O) groups excluding carboxylic acids is 1. The van der Waals surface area contributed by atoms with Gasteiger partial charge >= 0.3 is 0 Å². The van der Waals surface area contributed by atoms with Crippen LogP contribution < -0.4 is 15.4 Å². The van der Waals surface area contributed by atoms with Crippen LogP contribution in [0.1, 0.15) is 37.3 Å². The molecule has 0 radical (unpaired) electrons. The molecule has 2 atom stereocenters. The molecule has 1 aromatic rings. The molecule has 5 nitrogen and oxygen atoms in total. The Hall–Kier alpha value is -1.59. The number of hydrogen-bond donors (Lipinski definition) is 2. The lowest BCUT2D eigenvalue weighted by Crippen LogP contribution is -2.44. The molecule has 0 aromatic heterocycles. The number of piperidine rings is 2. The number of ether oxygens (including phenoxy) is 1. The third kappa shape index (κ3) is 4.53. The molecule has 2 N–H and O–H groups in total. The summed E-state index contributed by atoms with van der Waals surface area (Å²) in [6, 6.07) is 8.73. The van der Waals surface area contributed by atoms with Crippen LogP contribution in [0.3, 0.4) is 0 Å². The SMILES string of the molecule is COc1ccc([C@@H]2[C@H](CNC(=O)C3CCNCC3)CCCN2C)cc1. The molecule has 2 heterocycles. The Bertz CT molecular complexity index is 555. The molecule has 0 saturated carbocycles. The normalized spacial score (nSPS) is 25.5. The van der Waals surface area contributed by atoms with E-state index in [0.29, 0.717) is 12.0 Å². The first-order valence-corrected chi connectivity index (χ1v) is 9.51. The molecule has 5 heteroatoms. The predicted molar refractivity (Wildman–Crippen MR) is 99.7 cm³/mol. The average molecular weight is 345 g/mol. The van der Waals surface area contributed by atoms with Crippen molar-refractivity contribution in [2.45, 2.75) is 31.7 Å². The number of nitrogens with one attached hydrogen (secondary N) is 2. The van der Waals surface area contributed by atoms with Crippen LogP contribution in [0, 0.1) is 11.8 Å². The van der Waals surface area contributed by atoms with Crippen molar-refractivity contribution < 1.29 is 9.53 Å². The summed E-state index contributed by atoms with van der Waals surface area (Å²) in [6.45, 7) is 3.79. The Balaban J connectivity index is 1.63. The average Bonchev–Trinajstić information content (AvgIpc) is 2.67. The van der Waals surface area contributed by atoms with E-state index in [2.05, 4.69) is 34.7 Å². The molecule has 2 fully saturated rings. The Morgan fingerprint density at radius 1 is 1.24 bits per heavy atom. The van der Waals surface area contributed by atoms with Gasteiger partial charge in [0.15, 0.2) is 0 Å². The van der Waals surface area contributed by atoms with Crippen LogP contribution in [0.4, 0.5) is 0 Å². The summed E-state index contributed by atoms with van der Waals surface area (Å²) in [7, 11) is 3.89. The number of methoxy groups -OCH3 is 1. The monoisotopic (exact) mass is 345 g/mol. The van der Waals surface area contributed by atoms with Crippen LogP contribution in [0.5, 0.6) is 5.75 Å². The smallest absolute Gasteiger partial charge is 0.223 e. The van der Waals surface area contributed by atoms with Crippen LogP contribution >= 0.6 is 0 Å². The van der Waals surface area contributed by atoms with Crippen molar-refractivity contribution >= 4 is 5.91 Å². The van der Waals surface area contributed by atoms with Gasteiger partial charge in [-0.3, -0.25) is 9.69 Å². The number of nitrogens with zero attached hydrogens (tertiary/aromatic N) is 1. The highest BCUT2D eigenvalue weighted by Gasteiger charge is 2.31. The van der Waals surface area contributed by atoms with Gasteiger partial charge < -0.3 is 15.4 Å². The Labute approximate surface area is 151 Å². The van der Waals surface area contributed by atoms with Gasteiger partial charge in [0.25, 0.3) is 0 Å². The van der Waals surface area contributed by atoms with Crippen molar-refractivity contribution in [2.75, 3.05) is 40.3 Å². The van der Waals surface area contributed by atoms with Crippen molar-refractivity contribution in [2.24, 2.45) is 11.8 Å². The van der Waals surface area contributed by atoms with Gasteiger partial charge in [-0.1, -0.05) is 12.1 Å². The molecular weight excluding hydrogens is 314 g/mol. The van der Waals surface area contributed by atoms with Crippen LogP contribution in [0.15, 0.2) is 24.3 Å². The molecule has 0 bridgehead atoms. The molecular formula is C20H31N3O2. The van der Waals surface area contributed by atoms with Crippen molar-refractivity contribution in [1.82, 2.24) is 15.5 Å². The highest BCUT2D eigenvalue weighted by molar-refractivity contribution is 5.78. The van der Waals surface area contributed by atoms with E-state index >= 15 is 0 Å². The third-order valence-electron chi connectivity index (χ3n) is 5.71. The molecule has 1 aromatic carbocycles. The van der Waals surface area contributed by atoms with Gasteiger partial charge in [0.2, 0.25) is 5.91 Å². The van der Waals surface area contributed by atoms with Crippen molar-refractivity contribution in [3.63, 3.8) is 0 Å². The molecule has 0 aliphatic carbocycles. The second-order valence-electron chi connectivity index (χ2n) is 7.37. The molecule has 25 heavy (non-hydrogen) atoms. The molecule has 1 amide bonds. The minimum absolute atomic E-state index is 0.182. The van der Waals surface area contributed by atoms with Gasteiger partial charge in [-0.15, -0.1) is 0 Å². The van der Waals surface area contributed by atoms with Crippen LogP contribution in [-0.2, 0) is 4.79 Å². The quantitative estimate of drug-likeness (QED) is 0.859. The van der Waals surface area contributed by atoms with E-state index in [9.17, 15) is 4.79 Å². The summed E-state index contributed by atoms with van der Waals surface area (Å²) in [5.74, 6) is 1.76. The maximum atomic E-state index is 12.5. The molecule has 0 unspecified atom stereocenters. The van der Waals surface area contributed by atoms with E-state index in [0.717, 1.165) is 51.2 Å². The summed E-state index contributed by atoms with van der Waals surface area (Å²) in [5, 5.41) is 6.57. The van der Waals surface area contributed by atoms with E-state index in [-0.39, 0.29) is 11.8 Å². The number of amides is 1. The number of rotatable bonds is 5. The van der Waals surface area contributed by atoms with E-state index in [1.165, 1.54) is 12.0 Å². The van der Waals surface area contributed by atoms with Gasteiger partial charge in [0.1, 0.15) is 5.75 Å². The lowest BCUT2D eigenvalue weighted by atomic mass is 9.84. The van der Waals surface area contributed by atoms with E-state index in [1.807, 2.05) is 12.1 Å². The minimum atomic E-state index is 0.182. The number of likely N-dealkylation sites (tertiary alicyclic amines) is 1. The first kappa shape index (κ1) is 18.2. The molecule has 2 saturated heterocycles. The molecule has 0 spiro atoms. The zero-order chi connectivity index (χ0) is 17.6. The fraction of sp³-hybridized carbons (Fsp3) is 0.650. The van der Waals surface area contributed by atoms with E-state index in [4.69, 9.17) is 4.74 Å². The van der Waals surface area contributed by atoms with Gasteiger partial charge in [-0.2, -0.15) is 0 Å². The topological polar surface area (TPSA) is 53.6 Å². The Kier molecular flexibility index (Phi) is 6.32. The first-order valence-electron chi connectivity index (χ1n) is 9.51. The molecule has 3 rings (SSSR count). The lowest BCUT2D eigenvalue weighted by Gasteiger charge is -2.40. The molecule has 138 valence electrons. The predicted octanol–water partition coefficient (Wildman–Crippen LogP) is 2.19. The summed E-state index contributed by atoms with van der Waals surface area (Å²) >= 11 is 0. The summed E-state index contributed by atoms with van der Waals surface area (Å²) in [6.07, 6.45) is 4.27. The zero-order valence-corrected chi connectivity index (χ0v) is 15.5.